The summed E-state index contributed by atoms with van der Waals surface area (Å²) in [6.07, 6.45) is 1.85. The molecule has 0 saturated heterocycles. The van der Waals surface area contributed by atoms with Crippen LogP contribution in [0.5, 0.6) is 0 Å². The fourth-order valence-electron chi connectivity index (χ4n) is 1.36. The molecule has 0 radical (unpaired) electrons. The monoisotopic (exact) mass is 224 g/mol. The van der Waals surface area contributed by atoms with Crippen LogP contribution >= 0.6 is 0 Å². The second-order valence-corrected chi connectivity index (χ2v) is 3.86. The molecule has 90 valence electrons. The maximum Gasteiger partial charge on any atom is 0.149 e. The van der Waals surface area contributed by atoms with Gasteiger partial charge in [0.15, 0.2) is 0 Å². The summed E-state index contributed by atoms with van der Waals surface area (Å²) in [5.74, 6) is 7.69. The van der Waals surface area contributed by atoms with Crippen molar-refractivity contribution in [2.24, 2.45) is 5.84 Å². The highest BCUT2D eigenvalue weighted by Gasteiger charge is 2.09. The van der Waals surface area contributed by atoms with Crippen LogP contribution in [0.1, 0.15) is 24.7 Å². The summed E-state index contributed by atoms with van der Waals surface area (Å²) in [5, 5.41) is 1.84. The van der Waals surface area contributed by atoms with E-state index in [1.165, 1.54) is 0 Å². The largest absolute Gasteiger partial charge is 0.308 e. The molecule has 1 aromatic rings. The number of nitrogen functional groups attached to an aromatic ring is 1. The molecule has 4 N–H and O–H groups in total. The first-order valence-electron chi connectivity index (χ1n) is 5.36. The molecule has 6 heteroatoms. The third-order valence-electron chi connectivity index (χ3n) is 2.13. The predicted octanol–water partition coefficient (Wildman–Crippen LogP) is 0.912. The van der Waals surface area contributed by atoms with Crippen LogP contribution < -0.4 is 16.7 Å². The van der Waals surface area contributed by atoms with Crippen LogP contribution in [0.3, 0.4) is 0 Å². The highest BCUT2D eigenvalue weighted by atomic mass is 15.5. The summed E-state index contributed by atoms with van der Waals surface area (Å²) in [6, 6.07) is 0. The summed E-state index contributed by atoms with van der Waals surface area (Å²) >= 11 is 0. The van der Waals surface area contributed by atoms with Gasteiger partial charge in [-0.25, -0.2) is 20.8 Å². The SMILES string of the molecule is CCCc1nc(NN)c(C)c(NN(C)C)n1. The van der Waals surface area contributed by atoms with Crippen LogP contribution in [0.25, 0.3) is 0 Å². The van der Waals surface area contributed by atoms with Crippen molar-refractivity contribution in [2.45, 2.75) is 26.7 Å². The van der Waals surface area contributed by atoms with Crippen LogP contribution in [0.4, 0.5) is 11.6 Å². The molecule has 0 amide bonds. The number of hydrogen-bond donors (Lipinski definition) is 3. The van der Waals surface area contributed by atoms with Gasteiger partial charge in [0.2, 0.25) is 0 Å². The number of rotatable bonds is 5. The van der Waals surface area contributed by atoms with Crippen molar-refractivity contribution >= 4 is 11.6 Å². The zero-order chi connectivity index (χ0) is 12.1. The summed E-state index contributed by atoms with van der Waals surface area (Å²) in [4.78, 5) is 8.79. The lowest BCUT2D eigenvalue weighted by Crippen LogP contribution is -2.23. The number of nitrogens with zero attached hydrogens (tertiary/aromatic N) is 3. The number of aromatic nitrogens is 2. The Labute approximate surface area is 96.2 Å². The van der Waals surface area contributed by atoms with Crippen LogP contribution in [-0.4, -0.2) is 29.1 Å². The van der Waals surface area contributed by atoms with E-state index in [1.54, 1.807) is 0 Å². The molecule has 1 aromatic heterocycles. The topological polar surface area (TPSA) is 79.1 Å². The van der Waals surface area contributed by atoms with Gasteiger partial charge < -0.3 is 10.9 Å². The maximum atomic E-state index is 5.43. The zero-order valence-electron chi connectivity index (χ0n) is 10.3. The van der Waals surface area contributed by atoms with Crippen LogP contribution in [0, 0.1) is 6.92 Å². The lowest BCUT2D eigenvalue weighted by Gasteiger charge is -2.17. The predicted molar refractivity (Wildman–Crippen MR) is 65.9 cm³/mol. The number of hydrazine groups is 2. The average Bonchev–Trinajstić information content (AvgIpc) is 2.22. The Morgan fingerprint density at radius 1 is 1.25 bits per heavy atom. The molecule has 0 aliphatic carbocycles. The Morgan fingerprint density at radius 2 is 1.88 bits per heavy atom. The number of hydrogen-bond acceptors (Lipinski definition) is 6. The van der Waals surface area contributed by atoms with E-state index >= 15 is 0 Å². The number of nitrogens with two attached hydrogens (primary N) is 1. The van der Waals surface area contributed by atoms with Gasteiger partial charge in [-0.15, -0.1) is 0 Å². The fourth-order valence-corrected chi connectivity index (χ4v) is 1.36. The van der Waals surface area contributed by atoms with Crippen molar-refractivity contribution in [1.29, 1.82) is 0 Å². The lowest BCUT2D eigenvalue weighted by atomic mass is 10.2. The minimum Gasteiger partial charge on any atom is -0.308 e. The van der Waals surface area contributed by atoms with Gasteiger partial charge in [0.05, 0.1) is 0 Å². The minimum absolute atomic E-state index is 0.669. The van der Waals surface area contributed by atoms with Gasteiger partial charge in [0, 0.05) is 26.1 Å². The fraction of sp³-hybridized carbons (Fsp3) is 0.600. The highest BCUT2D eigenvalue weighted by Crippen LogP contribution is 2.19. The van der Waals surface area contributed by atoms with Crippen molar-refractivity contribution in [2.75, 3.05) is 24.9 Å². The molecule has 16 heavy (non-hydrogen) atoms. The third kappa shape index (κ3) is 3.04. The standard InChI is InChI=1S/C10H20N6/c1-5-6-8-12-9(14-11)7(2)10(13-8)15-16(3)4/h5-6,11H2,1-4H3,(H2,12,13,14,15). The summed E-state index contributed by atoms with van der Waals surface area (Å²) in [6.45, 7) is 4.02. The summed E-state index contributed by atoms with van der Waals surface area (Å²) < 4.78 is 0. The van der Waals surface area contributed by atoms with E-state index in [2.05, 4.69) is 27.7 Å². The minimum atomic E-state index is 0.669. The Hall–Kier alpha value is -1.40. The molecule has 0 aromatic carbocycles. The van der Waals surface area contributed by atoms with Gasteiger partial charge in [-0.2, -0.15) is 0 Å². The van der Waals surface area contributed by atoms with Crippen molar-refractivity contribution < 1.29 is 0 Å². The molecule has 0 saturated carbocycles. The van der Waals surface area contributed by atoms with E-state index in [0.29, 0.717) is 5.82 Å². The molecular formula is C10H20N6. The van der Waals surface area contributed by atoms with E-state index in [9.17, 15) is 0 Å². The van der Waals surface area contributed by atoms with Crippen molar-refractivity contribution in [3.63, 3.8) is 0 Å². The van der Waals surface area contributed by atoms with Crippen molar-refractivity contribution in [3.05, 3.63) is 11.4 Å². The Bertz CT molecular complexity index is 349. The molecule has 0 atom stereocenters. The van der Waals surface area contributed by atoms with Crippen LogP contribution in [0.15, 0.2) is 0 Å². The van der Waals surface area contributed by atoms with E-state index in [4.69, 9.17) is 5.84 Å². The Balaban J connectivity index is 3.08. The molecule has 0 spiro atoms. The molecule has 1 rings (SSSR count). The van der Waals surface area contributed by atoms with E-state index in [-0.39, 0.29) is 0 Å². The maximum absolute atomic E-state index is 5.43. The number of nitrogens with one attached hydrogen (secondary N) is 2. The Morgan fingerprint density at radius 3 is 2.38 bits per heavy atom. The smallest absolute Gasteiger partial charge is 0.149 e. The van der Waals surface area contributed by atoms with Crippen molar-refractivity contribution in [1.82, 2.24) is 15.0 Å². The molecular weight excluding hydrogens is 204 g/mol. The average molecular weight is 224 g/mol. The van der Waals surface area contributed by atoms with Gasteiger partial charge >= 0.3 is 0 Å². The normalized spacial score (nSPS) is 10.6. The molecule has 6 nitrogen and oxygen atoms in total. The van der Waals surface area contributed by atoms with Gasteiger partial charge in [-0.1, -0.05) is 6.92 Å². The van der Waals surface area contributed by atoms with E-state index < -0.39 is 0 Å². The highest BCUT2D eigenvalue weighted by molar-refractivity contribution is 5.56. The molecule has 0 unspecified atom stereocenters. The van der Waals surface area contributed by atoms with E-state index in [1.807, 2.05) is 26.0 Å². The van der Waals surface area contributed by atoms with Gasteiger partial charge in [0.1, 0.15) is 17.5 Å². The van der Waals surface area contributed by atoms with E-state index in [0.717, 1.165) is 30.0 Å². The summed E-state index contributed by atoms with van der Waals surface area (Å²) in [7, 11) is 3.83. The van der Waals surface area contributed by atoms with Crippen LogP contribution in [-0.2, 0) is 6.42 Å². The molecule has 0 aliphatic rings. The second kappa shape index (κ2) is 5.62. The first-order valence-corrected chi connectivity index (χ1v) is 5.36. The zero-order valence-corrected chi connectivity index (χ0v) is 10.3. The number of aryl methyl sites for hydroxylation is 1. The first kappa shape index (κ1) is 12.7. The molecule has 0 aliphatic heterocycles. The quantitative estimate of drug-likeness (QED) is 0.509. The van der Waals surface area contributed by atoms with Crippen molar-refractivity contribution in [3.8, 4) is 0 Å². The lowest BCUT2D eigenvalue weighted by molar-refractivity contribution is 0.491. The van der Waals surface area contributed by atoms with Gasteiger partial charge in [-0.05, 0) is 13.3 Å². The van der Waals surface area contributed by atoms with Crippen LogP contribution in [0.2, 0.25) is 0 Å². The Kier molecular flexibility index (Phi) is 4.45. The number of anilines is 2. The third-order valence-corrected chi connectivity index (χ3v) is 2.13. The second-order valence-electron chi connectivity index (χ2n) is 3.86. The van der Waals surface area contributed by atoms with Gasteiger partial charge in [-0.3, -0.25) is 0 Å². The summed E-state index contributed by atoms with van der Waals surface area (Å²) in [5.41, 5.74) is 6.64. The molecule has 0 fully saturated rings. The molecule has 0 bridgehead atoms. The first-order chi connectivity index (χ1) is 7.58. The molecule has 1 heterocycles. The van der Waals surface area contributed by atoms with Gasteiger partial charge in [0.25, 0.3) is 0 Å².